The summed E-state index contributed by atoms with van der Waals surface area (Å²) in [6.45, 7) is 2.09. The monoisotopic (exact) mass is 274 g/mol. The molecule has 0 unspecified atom stereocenters. The lowest BCUT2D eigenvalue weighted by molar-refractivity contribution is 0.262. The maximum atomic E-state index is 11.8. The number of carbonyl (C=O) groups excluding carboxylic acids is 1. The van der Waals surface area contributed by atoms with Crippen LogP contribution >= 0.6 is 11.6 Å². The van der Waals surface area contributed by atoms with E-state index in [1.165, 1.54) is 5.56 Å². The number of hydrogen-bond acceptors (Lipinski definition) is 1. The minimum absolute atomic E-state index is 0.272. The van der Waals surface area contributed by atoms with Gasteiger partial charge in [-0.05, 0) is 48.4 Å². The van der Waals surface area contributed by atoms with Gasteiger partial charge in [-0.3, -0.25) is 0 Å². The average Bonchev–Trinajstić information content (AvgIpc) is 2.42. The molecule has 2 aromatic rings. The van der Waals surface area contributed by atoms with E-state index in [0.717, 1.165) is 12.1 Å². The van der Waals surface area contributed by atoms with Crippen molar-refractivity contribution in [1.82, 2.24) is 0 Å². The van der Waals surface area contributed by atoms with Crippen molar-refractivity contribution in [2.75, 3.05) is 10.6 Å². The normalized spacial score (nSPS) is 10.0. The van der Waals surface area contributed by atoms with E-state index in [2.05, 4.69) is 17.6 Å². The molecule has 0 aliphatic rings. The van der Waals surface area contributed by atoms with Crippen LogP contribution in [-0.4, -0.2) is 6.03 Å². The SMILES string of the molecule is CCc1ccc(NC(=O)Nc2ccc(Cl)cc2)cc1. The van der Waals surface area contributed by atoms with E-state index in [0.29, 0.717) is 10.7 Å². The van der Waals surface area contributed by atoms with Crippen molar-refractivity contribution < 1.29 is 4.79 Å². The lowest BCUT2D eigenvalue weighted by atomic mass is 10.1. The van der Waals surface area contributed by atoms with E-state index in [1.807, 2.05) is 24.3 Å². The number of amides is 2. The molecule has 0 aliphatic heterocycles. The molecule has 19 heavy (non-hydrogen) atoms. The lowest BCUT2D eigenvalue weighted by Gasteiger charge is -2.08. The van der Waals surface area contributed by atoms with Crippen molar-refractivity contribution in [3.05, 3.63) is 59.1 Å². The van der Waals surface area contributed by atoms with Crippen LogP contribution in [0.15, 0.2) is 48.5 Å². The molecule has 2 amide bonds. The number of rotatable bonds is 3. The molecule has 0 bridgehead atoms. The van der Waals surface area contributed by atoms with E-state index in [-0.39, 0.29) is 6.03 Å². The highest BCUT2D eigenvalue weighted by Crippen LogP contribution is 2.14. The molecule has 2 aromatic carbocycles. The third-order valence-electron chi connectivity index (χ3n) is 2.72. The topological polar surface area (TPSA) is 41.1 Å². The highest BCUT2D eigenvalue weighted by Gasteiger charge is 2.02. The first-order valence-electron chi connectivity index (χ1n) is 6.10. The smallest absolute Gasteiger partial charge is 0.308 e. The molecule has 0 radical (unpaired) electrons. The van der Waals surface area contributed by atoms with Crippen molar-refractivity contribution >= 4 is 29.0 Å². The maximum absolute atomic E-state index is 11.8. The first kappa shape index (κ1) is 13.4. The molecular formula is C15H15ClN2O. The third-order valence-corrected chi connectivity index (χ3v) is 2.97. The van der Waals surface area contributed by atoms with Gasteiger partial charge in [-0.2, -0.15) is 0 Å². The number of halogens is 1. The van der Waals surface area contributed by atoms with Crippen molar-refractivity contribution in [1.29, 1.82) is 0 Å². The number of carbonyl (C=O) groups is 1. The summed E-state index contributed by atoms with van der Waals surface area (Å²) in [6.07, 6.45) is 0.983. The Morgan fingerprint density at radius 3 is 1.89 bits per heavy atom. The van der Waals surface area contributed by atoms with Crippen molar-refractivity contribution in [3.63, 3.8) is 0 Å². The van der Waals surface area contributed by atoms with Crippen molar-refractivity contribution in [2.45, 2.75) is 13.3 Å². The molecule has 3 nitrogen and oxygen atoms in total. The number of aryl methyl sites for hydroxylation is 1. The molecule has 98 valence electrons. The summed E-state index contributed by atoms with van der Waals surface area (Å²) in [7, 11) is 0. The van der Waals surface area contributed by atoms with E-state index in [1.54, 1.807) is 24.3 Å². The molecule has 0 aromatic heterocycles. The minimum atomic E-state index is -0.272. The Hall–Kier alpha value is -2.00. The predicted molar refractivity (Wildman–Crippen MR) is 79.9 cm³/mol. The number of benzene rings is 2. The summed E-state index contributed by atoms with van der Waals surface area (Å²) in [5.74, 6) is 0. The Balaban J connectivity index is 1.95. The van der Waals surface area contributed by atoms with Gasteiger partial charge in [0.15, 0.2) is 0 Å². The Morgan fingerprint density at radius 1 is 0.947 bits per heavy atom. The number of hydrogen-bond donors (Lipinski definition) is 2. The van der Waals surface area contributed by atoms with Crippen LogP contribution in [0.25, 0.3) is 0 Å². The summed E-state index contributed by atoms with van der Waals surface area (Å²) >= 11 is 5.78. The van der Waals surface area contributed by atoms with Gasteiger partial charge in [0.2, 0.25) is 0 Å². The molecule has 4 heteroatoms. The van der Waals surface area contributed by atoms with E-state index in [4.69, 9.17) is 11.6 Å². The van der Waals surface area contributed by atoms with Gasteiger partial charge in [0.05, 0.1) is 0 Å². The Labute approximate surface area is 117 Å². The van der Waals surface area contributed by atoms with Crippen molar-refractivity contribution in [2.24, 2.45) is 0 Å². The number of urea groups is 1. The van der Waals surface area contributed by atoms with Gasteiger partial charge in [0, 0.05) is 16.4 Å². The molecular weight excluding hydrogens is 260 g/mol. The Bertz CT molecular complexity index is 549. The molecule has 0 heterocycles. The van der Waals surface area contributed by atoms with Crippen LogP contribution in [0.4, 0.5) is 16.2 Å². The van der Waals surface area contributed by atoms with E-state index >= 15 is 0 Å². The summed E-state index contributed by atoms with van der Waals surface area (Å²) in [5, 5.41) is 6.15. The van der Waals surface area contributed by atoms with Crippen LogP contribution in [0.2, 0.25) is 5.02 Å². The largest absolute Gasteiger partial charge is 0.323 e. The third kappa shape index (κ3) is 4.00. The molecule has 0 atom stereocenters. The van der Waals surface area contributed by atoms with Gasteiger partial charge in [-0.1, -0.05) is 30.7 Å². The zero-order valence-electron chi connectivity index (χ0n) is 10.6. The van der Waals surface area contributed by atoms with Crippen LogP contribution in [0, 0.1) is 0 Å². The zero-order valence-corrected chi connectivity index (χ0v) is 11.4. The number of anilines is 2. The van der Waals surface area contributed by atoms with Crippen LogP contribution in [0.3, 0.4) is 0 Å². The molecule has 0 fully saturated rings. The van der Waals surface area contributed by atoms with Gasteiger partial charge in [0.25, 0.3) is 0 Å². The summed E-state index contributed by atoms with van der Waals surface area (Å²) in [5.41, 5.74) is 2.71. The van der Waals surface area contributed by atoms with Gasteiger partial charge in [0.1, 0.15) is 0 Å². The van der Waals surface area contributed by atoms with Gasteiger partial charge in [-0.15, -0.1) is 0 Å². The molecule has 2 rings (SSSR count). The second-order valence-corrected chi connectivity index (χ2v) is 4.57. The van der Waals surface area contributed by atoms with E-state index < -0.39 is 0 Å². The van der Waals surface area contributed by atoms with Gasteiger partial charge < -0.3 is 10.6 Å². The van der Waals surface area contributed by atoms with Crippen LogP contribution in [0.5, 0.6) is 0 Å². The molecule has 0 aliphatic carbocycles. The fourth-order valence-corrected chi connectivity index (χ4v) is 1.78. The molecule has 0 saturated carbocycles. The molecule has 0 spiro atoms. The van der Waals surface area contributed by atoms with Crippen LogP contribution < -0.4 is 10.6 Å². The summed E-state index contributed by atoms with van der Waals surface area (Å²) < 4.78 is 0. The van der Waals surface area contributed by atoms with Crippen LogP contribution in [0.1, 0.15) is 12.5 Å². The van der Waals surface area contributed by atoms with Gasteiger partial charge in [-0.25, -0.2) is 4.79 Å². The first-order valence-corrected chi connectivity index (χ1v) is 6.47. The standard InChI is InChI=1S/C15H15ClN2O/c1-2-11-3-7-13(8-4-11)17-15(19)18-14-9-5-12(16)6-10-14/h3-10H,2H2,1H3,(H2,17,18,19). The van der Waals surface area contributed by atoms with Crippen molar-refractivity contribution in [3.8, 4) is 0 Å². The highest BCUT2D eigenvalue weighted by molar-refractivity contribution is 6.30. The second kappa shape index (κ2) is 6.25. The number of nitrogens with one attached hydrogen (secondary N) is 2. The lowest BCUT2D eigenvalue weighted by Crippen LogP contribution is -2.19. The van der Waals surface area contributed by atoms with Crippen LogP contribution in [-0.2, 0) is 6.42 Å². The quantitative estimate of drug-likeness (QED) is 0.847. The molecule has 2 N–H and O–H groups in total. The average molecular weight is 275 g/mol. The molecule has 0 saturated heterocycles. The Morgan fingerprint density at radius 2 is 1.42 bits per heavy atom. The summed E-state index contributed by atoms with van der Waals surface area (Å²) in [4.78, 5) is 11.8. The minimum Gasteiger partial charge on any atom is -0.308 e. The van der Waals surface area contributed by atoms with Gasteiger partial charge >= 0.3 is 6.03 Å². The second-order valence-electron chi connectivity index (χ2n) is 4.14. The fourth-order valence-electron chi connectivity index (χ4n) is 1.65. The first-order chi connectivity index (χ1) is 9.17. The Kier molecular flexibility index (Phi) is 4.42. The highest BCUT2D eigenvalue weighted by atomic mass is 35.5. The maximum Gasteiger partial charge on any atom is 0.323 e. The fraction of sp³-hybridized carbons (Fsp3) is 0.133. The van der Waals surface area contributed by atoms with E-state index in [9.17, 15) is 4.79 Å². The summed E-state index contributed by atoms with van der Waals surface area (Å²) in [6, 6.07) is 14.5. The predicted octanol–water partition coefficient (Wildman–Crippen LogP) is 4.55. The zero-order chi connectivity index (χ0) is 13.7.